The van der Waals surface area contributed by atoms with Gasteiger partial charge in [-0.1, -0.05) is 92.7 Å². The highest BCUT2D eigenvalue weighted by Crippen LogP contribution is 2.52. The first-order valence-corrected chi connectivity index (χ1v) is 12.1. The largest absolute Gasteiger partial charge is 0.308 e. The molecule has 1 aliphatic rings. The molecule has 0 spiro atoms. The highest BCUT2D eigenvalue weighted by molar-refractivity contribution is 6.27. The fourth-order valence-electron chi connectivity index (χ4n) is 6.57. The summed E-state index contributed by atoms with van der Waals surface area (Å²) in [6.45, 7) is 4.73. The van der Waals surface area contributed by atoms with Gasteiger partial charge in [0.05, 0.1) is 16.6 Å². The third-order valence-electron chi connectivity index (χ3n) is 8.13. The molecule has 0 saturated heterocycles. The van der Waals surface area contributed by atoms with E-state index in [0.29, 0.717) is 0 Å². The van der Waals surface area contributed by atoms with Crippen LogP contribution in [0, 0.1) is 0 Å². The molecule has 3 aromatic heterocycles. The highest BCUT2D eigenvalue weighted by atomic mass is 14.9. The molecule has 0 atom stereocenters. The molecule has 0 radical (unpaired) electrons. The van der Waals surface area contributed by atoms with Crippen LogP contribution in [0.3, 0.4) is 0 Å². The molecule has 0 aliphatic heterocycles. The van der Waals surface area contributed by atoms with E-state index in [1.807, 2.05) is 0 Å². The van der Waals surface area contributed by atoms with Gasteiger partial charge in [-0.25, -0.2) is 0 Å². The van der Waals surface area contributed by atoms with Crippen molar-refractivity contribution in [2.24, 2.45) is 0 Å². The summed E-state index contributed by atoms with van der Waals surface area (Å²) in [5.74, 6) is 0. The summed E-state index contributed by atoms with van der Waals surface area (Å²) in [5.41, 5.74) is 12.1. The van der Waals surface area contributed by atoms with Crippen LogP contribution in [0.2, 0.25) is 0 Å². The fourth-order valence-corrected chi connectivity index (χ4v) is 6.57. The summed E-state index contributed by atoms with van der Waals surface area (Å²) >= 11 is 0. The molecule has 1 nitrogen and oxygen atoms in total. The van der Waals surface area contributed by atoms with Crippen molar-refractivity contribution in [2.75, 3.05) is 0 Å². The van der Waals surface area contributed by atoms with Crippen molar-refractivity contribution in [2.45, 2.75) is 19.3 Å². The minimum atomic E-state index is 0.00335. The lowest BCUT2D eigenvalue weighted by atomic mass is 9.82. The Labute approximate surface area is 198 Å². The molecule has 0 N–H and O–H groups in total. The zero-order chi connectivity index (χ0) is 22.6. The van der Waals surface area contributed by atoms with Crippen molar-refractivity contribution in [3.8, 4) is 22.3 Å². The minimum Gasteiger partial charge on any atom is -0.308 e. The van der Waals surface area contributed by atoms with Crippen LogP contribution < -0.4 is 0 Å². The van der Waals surface area contributed by atoms with Crippen LogP contribution in [0.25, 0.3) is 60.3 Å². The maximum atomic E-state index is 2.50. The molecule has 0 amide bonds. The van der Waals surface area contributed by atoms with E-state index in [1.54, 1.807) is 0 Å². The second-order valence-electron chi connectivity index (χ2n) is 10.2. The van der Waals surface area contributed by atoms with Crippen LogP contribution in [0.5, 0.6) is 0 Å². The van der Waals surface area contributed by atoms with Crippen LogP contribution in [0.1, 0.15) is 25.0 Å². The van der Waals surface area contributed by atoms with Gasteiger partial charge in [-0.3, -0.25) is 0 Å². The molecule has 0 fully saturated rings. The molecule has 160 valence electrons. The molecule has 0 bridgehead atoms. The lowest BCUT2D eigenvalue weighted by molar-refractivity contribution is 0.661. The molecule has 3 heterocycles. The van der Waals surface area contributed by atoms with E-state index in [9.17, 15) is 0 Å². The van der Waals surface area contributed by atoms with E-state index in [4.69, 9.17) is 0 Å². The molecular weight excluding hydrogens is 410 g/mol. The quantitative estimate of drug-likeness (QED) is 0.244. The van der Waals surface area contributed by atoms with Crippen molar-refractivity contribution in [1.82, 2.24) is 4.40 Å². The van der Waals surface area contributed by atoms with E-state index in [0.717, 1.165) is 0 Å². The Balaban J connectivity index is 1.61. The van der Waals surface area contributed by atoms with Crippen molar-refractivity contribution < 1.29 is 0 Å². The molecule has 0 unspecified atom stereocenters. The Kier molecular flexibility index (Phi) is 3.27. The number of rotatable bonds is 1. The van der Waals surface area contributed by atoms with Gasteiger partial charge in [-0.15, -0.1) is 0 Å². The number of benzene rings is 4. The van der Waals surface area contributed by atoms with Crippen LogP contribution in [0.15, 0.2) is 103 Å². The fraction of sp³-hybridized carbons (Fsp3) is 0.0909. The molecular formula is C33H23N. The van der Waals surface area contributed by atoms with Crippen LogP contribution in [-0.4, -0.2) is 4.40 Å². The summed E-state index contributed by atoms with van der Waals surface area (Å²) in [4.78, 5) is 0. The number of pyridine rings is 1. The molecule has 8 rings (SSSR count). The molecule has 4 aromatic carbocycles. The van der Waals surface area contributed by atoms with Gasteiger partial charge in [0.15, 0.2) is 0 Å². The average Bonchev–Trinajstić information content (AvgIpc) is 3.47. The number of aromatic nitrogens is 1. The summed E-state index contributed by atoms with van der Waals surface area (Å²) < 4.78 is 2.50. The van der Waals surface area contributed by atoms with Crippen LogP contribution in [-0.2, 0) is 5.41 Å². The summed E-state index contributed by atoms with van der Waals surface area (Å²) in [6.07, 6.45) is 0. The van der Waals surface area contributed by atoms with Crippen molar-refractivity contribution in [3.05, 3.63) is 114 Å². The van der Waals surface area contributed by atoms with Gasteiger partial charge in [-0.05, 0) is 57.6 Å². The van der Waals surface area contributed by atoms with E-state index < -0.39 is 0 Å². The Morgan fingerprint density at radius 2 is 1.24 bits per heavy atom. The standard InChI is InChI=1S/C33H23N/c1-33(2)27-15-7-6-12-22(27)24-18-26-25(19-28(24)33)30-17-9-16-29-23-14-8-13-21(20-10-4-3-5-11-20)31(23)32(26)34(29)30/h3-19H,1-2H3. The number of nitrogens with zero attached hydrogens (tertiary/aromatic N) is 1. The van der Waals surface area contributed by atoms with Crippen LogP contribution in [0.4, 0.5) is 0 Å². The van der Waals surface area contributed by atoms with E-state index >= 15 is 0 Å². The van der Waals surface area contributed by atoms with Gasteiger partial charge in [0.2, 0.25) is 0 Å². The number of fused-ring (bicyclic) bond motifs is 9. The maximum absolute atomic E-state index is 2.50. The highest BCUT2D eigenvalue weighted by Gasteiger charge is 2.36. The summed E-state index contributed by atoms with van der Waals surface area (Å²) in [6, 6.07) is 38.2. The molecule has 1 aliphatic carbocycles. The predicted molar refractivity (Wildman–Crippen MR) is 144 cm³/mol. The normalized spacial score (nSPS) is 14.4. The number of hydrogen-bond donors (Lipinski definition) is 0. The van der Waals surface area contributed by atoms with Gasteiger partial charge >= 0.3 is 0 Å². The van der Waals surface area contributed by atoms with E-state index in [1.165, 1.54) is 71.5 Å². The van der Waals surface area contributed by atoms with Gasteiger partial charge in [0.1, 0.15) is 0 Å². The molecule has 7 aromatic rings. The number of hydrogen-bond acceptors (Lipinski definition) is 0. The topological polar surface area (TPSA) is 4.41 Å². The minimum absolute atomic E-state index is 0.00335. The second kappa shape index (κ2) is 6.07. The van der Waals surface area contributed by atoms with E-state index in [2.05, 4.69) is 121 Å². The van der Waals surface area contributed by atoms with Gasteiger partial charge in [-0.2, -0.15) is 0 Å². The Morgan fingerprint density at radius 1 is 0.529 bits per heavy atom. The summed E-state index contributed by atoms with van der Waals surface area (Å²) in [5, 5.41) is 5.38. The van der Waals surface area contributed by atoms with Crippen LogP contribution >= 0.6 is 0 Å². The predicted octanol–water partition coefficient (Wildman–Crippen LogP) is 8.81. The Morgan fingerprint density at radius 3 is 2.09 bits per heavy atom. The average molecular weight is 434 g/mol. The monoisotopic (exact) mass is 433 g/mol. The SMILES string of the molecule is CC1(C)c2ccccc2-c2cc3c(cc21)c1cccc2c4cccc(-c5ccccc5)c4c3n12. The van der Waals surface area contributed by atoms with Crippen molar-refractivity contribution in [1.29, 1.82) is 0 Å². The first-order valence-electron chi connectivity index (χ1n) is 12.1. The van der Waals surface area contributed by atoms with Gasteiger partial charge in [0.25, 0.3) is 0 Å². The molecule has 1 heteroatoms. The van der Waals surface area contributed by atoms with Gasteiger partial charge < -0.3 is 4.40 Å². The first kappa shape index (κ1) is 18.3. The van der Waals surface area contributed by atoms with Crippen molar-refractivity contribution >= 4 is 38.1 Å². The lowest BCUT2D eigenvalue weighted by Crippen LogP contribution is -2.14. The Hall–Kier alpha value is -4.10. The zero-order valence-corrected chi connectivity index (χ0v) is 19.3. The van der Waals surface area contributed by atoms with E-state index in [-0.39, 0.29) is 5.41 Å². The second-order valence-corrected chi connectivity index (χ2v) is 10.2. The third kappa shape index (κ3) is 2.06. The zero-order valence-electron chi connectivity index (χ0n) is 19.3. The maximum Gasteiger partial charge on any atom is 0.0626 e. The Bertz CT molecular complexity index is 1920. The first-order chi connectivity index (χ1) is 16.6. The third-order valence-corrected chi connectivity index (χ3v) is 8.13. The van der Waals surface area contributed by atoms with Crippen molar-refractivity contribution in [3.63, 3.8) is 0 Å². The lowest BCUT2D eigenvalue weighted by Gasteiger charge is -2.21. The smallest absolute Gasteiger partial charge is 0.0626 e. The molecule has 34 heavy (non-hydrogen) atoms. The molecule has 0 saturated carbocycles. The summed E-state index contributed by atoms with van der Waals surface area (Å²) in [7, 11) is 0. The van der Waals surface area contributed by atoms with Gasteiger partial charge in [0, 0.05) is 27.0 Å².